The average molecular weight is 304 g/mol. The highest BCUT2D eigenvalue weighted by molar-refractivity contribution is 5.75. The molecule has 2 heterocycles. The van der Waals surface area contributed by atoms with Crippen LogP contribution in [-0.2, 0) is 0 Å². The molecule has 0 saturated carbocycles. The number of nitrogens with zero attached hydrogens (tertiary/aromatic N) is 1. The zero-order valence-corrected chi connectivity index (χ0v) is 13.3. The summed E-state index contributed by atoms with van der Waals surface area (Å²) in [4.78, 5) is 14.3. The summed E-state index contributed by atoms with van der Waals surface area (Å²) < 4.78 is 11.2. The summed E-state index contributed by atoms with van der Waals surface area (Å²) in [7, 11) is 0. The van der Waals surface area contributed by atoms with Crippen LogP contribution < -0.4 is 14.8 Å². The molecule has 2 amide bonds. The number of benzene rings is 1. The Morgan fingerprint density at radius 2 is 1.82 bits per heavy atom. The highest BCUT2D eigenvalue weighted by Crippen LogP contribution is 2.34. The van der Waals surface area contributed by atoms with E-state index in [-0.39, 0.29) is 12.1 Å². The summed E-state index contributed by atoms with van der Waals surface area (Å²) in [5, 5.41) is 3.17. The molecule has 22 heavy (non-hydrogen) atoms. The second kappa shape index (κ2) is 6.46. The number of amides is 2. The number of carbonyl (C=O) groups is 1. The zero-order chi connectivity index (χ0) is 15.5. The van der Waals surface area contributed by atoms with Gasteiger partial charge in [-0.05, 0) is 36.5 Å². The van der Waals surface area contributed by atoms with Crippen LogP contribution in [0.1, 0.15) is 38.3 Å². The Hall–Kier alpha value is -1.91. The predicted octanol–water partition coefficient (Wildman–Crippen LogP) is 2.96. The van der Waals surface area contributed by atoms with Crippen molar-refractivity contribution in [2.45, 2.75) is 32.7 Å². The predicted molar refractivity (Wildman–Crippen MR) is 84.3 cm³/mol. The summed E-state index contributed by atoms with van der Waals surface area (Å²) in [6, 6.07) is 5.95. The van der Waals surface area contributed by atoms with E-state index in [0.717, 1.165) is 43.0 Å². The van der Waals surface area contributed by atoms with Crippen molar-refractivity contribution in [2.75, 3.05) is 26.3 Å². The van der Waals surface area contributed by atoms with Gasteiger partial charge >= 0.3 is 6.03 Å². The van der Waals surface area contributed by atoms with Crippen LogP contribution in [0.15, 0.2) is 18.2 Å². The van der Waals surface area contributed by atoms with E-state index in [1.54, 1.807) is 0 Å². The fourth-order valence-electron chi connectivity index (χ4n) is 3.03. The van der Waals surface area contributed by atoms with Gasteiger partial charge in [0.2, 0.25) is 0 Å². The first-order chi connectivity index (χ1) is 10.6. The lowest BCUT2D eigenvalue weighted by molar-refractivity contribution is 0.171. The second-order valence-electron chi connectivity index (χ2n) is 6.27. The van der Waals surface area contributed by atoms with Crippen molar-refractivity contribution in [2.24, 2.45) is 5.92 Å². The third kappa shape index (κ3) is 3.13. The largest absolute Gasteiger partial charge is 0.486 e. The van der Waals surface area contributed by atoms with E-state index in [2.05, 4.69) is 19.2 Å². The number of ether oxygens (including phenoxy) is 2. The van der Waals surface area contributed by atoms with Crippen LogP contribution in [0.3, 0.4) is 0 Å². The fourth-order valence-corrected chi connectivity index (χ4v) is 3.03. The van der Waals surface area contributed by atoms with Crippen molar-refractivity contribution in [3.05, 3.63) is 23.8 Å². The van der Waals surface area contributed by atoms with Gasteiger partial charge in [0.15, 0.2) is 11.5 Å². The first-order valence-electron chi connectivity index (χ1n) is 8.10. The molecule has 0 aliphatic carbocycles. The minimum absolute atomic E-state index is 0.0241. The molecule has 0 aromatic heterocycles. The van der Waals surface area contributed by atoms with Crippen molar-refractivity contribution in [3.63, 3.8) is 0 Å². The summed E-state index contributed by atoms with van der Waals surface area (Å²) in [6.07, 6.45) is 2.20. The van der Waals surface area contributed by atoms with E-state index in [1.807, 2.05) is 23.1 Å². The molecule has 1 fully saturated rings. The van der Waals surface area contributed by atoms with E-state index < -0.39 is 0 Å². The molecule has 120 valence electrons. The number of rotatable bonds is 3. The molecule has 2 aliphatic heterocycles. The third-order valence-electron chi connectivity index (χ3n) is 4.26. The Morgan fingerprint density at radius 1 is 1.14 bits per heavy atom. The lowest BCUT2D eigenvalue weighted by Gasteiger charge is -2.27. The Kier molecular flexibility index (Phi) is 4.41. The van der Waals surface area contributed by atoms with Crippen LogP contribution in [0.4, 0.5) is 4.79 Å². The zero-order valence-electron chi connectivity index (χ0n) is 13.3. The van der Waals surface area contributed by atoms with Crippen LogP contribution in [0.5, 0.6) is 11.5 Å². The van der Waals surface area contributed by atoms with E-state index in [1.165, 1.54) is 0 Å². The van der Waals surface area contributed by atoms with Gasteiger partial charge in [0.05, 0.1) is 6.04 Å². The van der Waals surface area contributed by atoms with Gasteiger partial charge in [0, 0.05) is 13.1 Å². The van der Waals surface area contributed by atoms with Gasteiger partial charge in [-0.3, -0.25) is 0 Å². The number of hydrogen-bond donors (Lipinski definition) is 1. The van der Waals surface area contributed by atoms with Crippen LogP contribution in [-0.4, -0.2) is 37.2 Å². The Labute approximate surface area is 131 Å². The maximum atomic E-state index is 12.4. The minimum atomic E-state index is -0.0241. The molecule has 1 N–H and O–H groups in total. The molecule has 5 heteroatoms. The molecule has 1 saturated heterocycles. The first kappa shape index (κ1) is 15.0. The number of likely N-dealkylation sites (tertiary alicyclic amines) is 1. The van der Waals surface area contributed by atoms with E-state index in [4.69, 9.17) is 9.47 Å². The number of urea groups is 1. The van der Waals surface area contributed by atoms with E-state index in [9.17, 15) is 4.79 Å². The first-order valence-corrected chi connectivity index (χ1v) is 8.10. The smallest absolute Gasteiger partial charge is 0.317 e. The van der Waals surface area contributed by atoms with Crippen LogP contribution >= 0.6 is 0 Å². The average Bonchev–Trinajstić information content (AvgIpc) is 3.06. The Bertz CT molecular complexity index is 539. The van der Waals surface area contributed by atoms with Crippen molar-refractivity contribution >= 4 is 6.03 Å². The summed E-state index contributed by atoms with van der Waals surface area (Å²) in [5.41, 5.74) is 1.06. The number of hydrogen-bond acceptors (Lipinski definition) is 3. The van der Waals surface area contributed by atoms with Crippen molar-refractivity contribution in [1.82, 2.24) is 10.2 Å². The number of nitrogens with one attached hydrogen (secondary N) is 1. The molecule has 1 aromatic rings. The SMILES string of the molecule is CC(C)C(NC(=O)N1CCCC1)c1ccc2c(c1)OCCO2. The third-order valence-corrected chi connectivity index (χ3v) is 4.26. The number of carbonyl (C=O) groups excluding carboxylic acids is 1. The quantitative estimate of drug-likeness (QED) is 0.934. The maximum absolute atomic E-state index is 12.4. The van der Waals surface area contributed by atoms with Gasteiger partial charge in [0.1, 0.15) is 13.2 Å². The van der Waals surface area contributed by atoms with Crippen molar-refractivity contribution in [3.8, 4) is 11.5 Å². The lowest BCUT2D eigenvalue weighted by Crippen LogP contribution is -2.41. The van der Waals surface area contributed by atoms with E-state index >= 15 is 0 Å². The molecular weight excluding hydrogens is 280 g/mol. The molecule has 2 aliphatic rings. The highest BCUT2D eigenvalue weighted by Gasteiger charge is 2.25. The summed E-state index contributed by atoms with van der Waals surface area (Å²) in [5.74, 6) is 1.85. The van der Waals surface area contributed by atoms with Gasteiger partial charge < -0.3 is 19.7 Å². The number of fused-ring (bicyclic) bond motifs is 1. The molecule has 3 rings (SSSR count). The van der Waals surface area contributed by atoms with Gasteiger partial charge in [-0.15, -0.1) is 0 Å². The lowest BCUT2D eigenvalue weighted by atomic mass is 9.95. The van der Waals surface area contributed by atoms with Gasteiger partial charge in [-0.1, -0.05) is 19.9 Å². The van der Waals surface area contributed by atoms with Gasteiger partial charge in [-0.2, -0.15) is 0 Å². The molecule has 5 nitrogen and oxygen atoms in total. The van der Waals surface area contributed by atoms with Crippen LogP contribution in [0, 0.1) is 5.92 Å². The summed E-state index contributed by atoms with van der Waals surface area (Å²) in [6.45, 7) is 7.11. The van der Waals surface area contributed by atoms with Gasteiger partial charge in [-0.25, -0.2) is 4.79 Å². The summed E-state index contributed by atoms with van der Waals surface area (Å²) >= 11 is 0. The fraction of sp³-hybridized carbons (Fsp3) is 0.588. The highest BCUT2D eigenvalue weighted by atomic mass is 16.6. The Morgan fingerprint density at radius 3 is 2.50 bits per heavy atom. The van der Waals surface area contributed by atoms with E-state index in [0.29, 0.717) is 19.1 Å². The molecule has 1 aromatic carbocycles. The van der Waals surface area contributed by atoms with Crippen LogP contribution in [0.2, 0.25) is 0 Å². The standard InChI is InChI=1S/C17H24N2O3/c1-12(2)16(18-17(20)19-7-3-4-8-19)13-5-6-14-15(11-13)22-10-9-21-14/h5-6,11-12,16H,3-4,7-10H2,1-2H3,(H,18,20). The molecule has 0 radical (unpaired) electrons. The minimum Gasteiger partial charge on any atom is -0.486 e. The molecule has 1 atom stereocenters. The second-order valence-corrected chi connectivity index (χ2v) is 6.27. The molecular formula is C17H24N2O3. The normalized spacial score (nSPS) is 18.4. The monoisotopic (exact) mass is 304 g/mol. The van der Waals surface area contributed by atoms with Crippen molar-refractivity contribution < 1.29 is 14.3 Å². The molecule has 1 unspecified atom stereocenters. The van der Waals surface area contributed by atoms with Crippen LogP contribution in [0.25, 0.3) is 0 Å². The Balaban J connectivity index is 1.77. The maximum Gasteiger partial charge on any atom is 0.317 e. The topological polar surface area (TPSA) is 50.8 Å². The molecule has 0 bridgehead atoms. The van der Waals surface area contributed by atoms with Gasteiger partial charge in [0.25, 0.3) is 0 Å². The molecule has 0 spiro atoms. The van der Waals surface area contributed by atoms with Crippen molar-refractivity contribution in [1.29, 1.82) is 0 Å².